The number of fused-ring (bicyclic) bond motifs is 11. The molecule has 2 unspecified atom stereocenters. The Kier molecular flexibility index (Phi) is 11.7. The molecule has 1 aromatic heterocycles. The topological polar surface area (TPSA) is 22.9 Å². The Morgan fingerprint density at radius 3 is 1.68 bits per heavy atom. The van der Waals surface area contributed by atoms with Gasteiger partial charge in [-0.15, -0.1) is 0 Å². The van der Waals surface area contributed by atoms with Gasteiger partial charge in [-0.25, -0.2) is 0 Å². The fraction of sp³-hybridized carbons (Fsp3) is 0.368. The van der Waals surface area contributed by atoms with Gasteiger partial charge < -0.3 is 19.1 Å². The highest BCUT2D eigenvalue weighted by atomic mass is 16.3. The van der Waals surface area contributed by atoms with Crippen LogP contribution < -0.4 is 31.1 Å². The van der Waals surface area contributed by atoms with Crippen LogP contribution in [0.25, 0.3) is 33.1 Å². The standard InChI is InChI=1S/C76H84BN3O/c1-70(2,3)48-26-23-27-53(40-48)78-63-44-52(74(13,14)15)28-33-59(63)77-60-34-32-55-57-42-50(72(7,8)9)31-37-66(57)81-69(55)68(60)79(61-35-29-49(71(4,5)6)41-56(61)47-24-19-18-20-25-47)65-46-54(45-64(78)67(65)77)80-62-36-30-51(73(10,11)12)43-58(62)75(16)38-21-22-39-76(75,80)17/h18-20,23-37,40-46H,21-22,38-39H2,1-17H3. The summed E-state index contributed by atoms with van der Waals surface area (Å²) in [7, 11) is 0. The summed E-state index contributed by atoms with van der Waals surface area (Å²) in [5, 5.41) is 2.30. The van der Waals surface area contributed by atoms with E-state index in [0.717, 1.165) is 46.2 Å². The van der Waals surface area contributed by atoms with Crippen molar-refractivity contribution in [1.82, 2.24) is 0 Å². The van der Waals surface area contributed by atoms with Crippen molar-refractivity contribution in [2.24, 2.45) is 0 Å². The molecule has 13 rings (SSSR count). The average molecular weight is 1070 g/mol. The Morgan fingerprint density at radius 1 is 0.432 bits per heavy atom. The SMILES string of the molecule is CC(C)(C)c1cccc(N2c3cc(C(C)(C)C)ccc3B3c4ccc5c(oc6ccc(C(C)(C)C)cc65)c4N(c4ccc(C(C)(C)C)cc4-c4ccccc4)c4cc(N5c6ccc(C(C)(C)C)cc6C6(C)CCCCC56C)cc2c43)c1. The Hall–Kier alpha value is -6.98. The average Bonchev–Trinajstić information content (AvgIpc) is 2.95. The van der Waals surface area contributed by atoms with Crippen LogP contribution in [-0.2, 0) is 32.5 Å². The van der Waals surface area contributed by atoms with Crippen LogP contribution >= 0.6 is 0 Å². The highest BCUT2D eigenvalue weighted by molar-refractivity contribution is 7.00. The molecule has 0 radical (unpaired) electrons. The van der Waals surface area contributed by atoms with Gasteiger partial charge in [0, 0.05) is 55.9 Å². The predicted octanol–water partition coefficient (Wildman–Crippen LogP) is 19.6. The van der Waals surface area contributed by atoms with Crippen molar-refractivity contribution < 1.29 is 4.42 Å². The first kappa shape index (κ1) is 53.3. The first-order valence-electron chi connectivity index (χ1n) is 30.2. The lowest BCUT2D eigenvalue weighted by Gasteiger charge is -2.51. The van der Waals surface area contributed by atoms with Crippen LogP contribution in [0.15, 0.2) is 156 Å². The minimum absolute atomic E-state index is 0.0134. The maximum atomic E-state index is 7.49. The lowest BCUT2D eigenvalue weighted by molar-refractivity contribution is 0.195. The van der Waals surface area contributed by atoms with Gasteiger partial charge in [0.25, 0.3) is 6.71 Å². The second kappa shape index (κ2) is 17.8. The predicted molar refractivity (Wildman–Crippen MR) is 349 cm³/mol. The van der Waals surface area contributed by atoms with E-state index in [9.17, 15) is 0 Å². The zero-order valence-corrected chi connectivity index (χ0v) is 51.6. The minimum Gasteiger partial charge on any atom is -0.454 e. The molecule has 9 aromatic rings. The molecule has 0 amide bonds. The van der Waals surface area contributed by atoms with E-state index in [2.05, 4.69) is 284 Å². The molecule has 4 nitrogen and oxygen atoms in total. The number of nitrogens with zero attached hydrogens (tertiary/aromatic N) is 3. The van der Waals surface area contributed by atoms with Gasteiger partial charge in [-0.1, -0.05) is 215 Å². The van der Waals surface area contributed by atoms with E-state index in [1.165, 1.54) is 108 Å². The summed E-state index contributed by atoms with van der Waals surface area (Å²) < 4.78 is 7.49. The van der Waals surface area contributed by atoms with Gasteiger partial charge >= 0.3 is 0 Å². The van der Waals surface area contributed by atoms with Crippen LogP contribution in [-0.4, -0.2) is 12.3 Å². The number of rotatable bonds is 4. The molecule has 1 saturated carbocycles. The zero-order valence-electron chi connectivity index (χ0n) is 51.6. The van der Waals surface area contributed by atoms with Crippen molar-refractivity contribution in [1.29, 1.82) is 0 Å². The third kappa shape index (κ3) is 8.19. The third-order valence-corrected chi connectivity index (χ3v) is 19.8. The largest absolute Gasteiger partial charge is 0.454 e. The summed E-state index contributed by atoms with van der Waals surface area (Å²) in [5.74, 6) is 0. The maximum Gasteiger partial charge on any atom is 0.252 e. The molecule has 4 aliphatic rings. The molecule has 1 fully saturated rings. The smallest absolute Gasteiger partial charge is 0.252 e. The van der Waals surface area contributed by atoms with Crippen molar-refractivity contribution in [3.05, 3.63) is 185 Å². The normalized spacial score (nSPS) is 19.0. The second-order valence-electron chi connectivity index (χ2n) is 30.2. The summed E-state index contributed by atoms with van der Waals surface area (Å²) in [6, 6.07) is 59.8. The third-order valence-electron chi connectivity index (χ3n) is 19.8. The van der Waals surface area contributed by atoms with Gasteiger partial charge in [0.05, 0.1) is 16.9 Å². The van der Waals surface area contributed by atoms with E-state index < -0.39 is 0 Å². The molecule has 8 aromatic carbocycles. The zero-order chi connectivity index (χ0) is 57.3. The van der Waals surface area contributed by atoms with Gasteiger partial charge in [-0.05, 0) is 163 Å². The summed E-state index contributed by atoms with van der Waals surface area (Å²) in [5.41, 5.74) is 25.3. The second-order valence-corrected chi connectivity index (χ2v) is 30.2. The Balaban J connectivity index is 1.22. The van der Waals surface area contributed by atoms with Gasteiger partial charge in [0.2, 0.25) is 0 Å². The Labute approximate surface area is 484 Å². The van der Waals surface area contributed by atoms with Gasteiger partial charge in [0.15, 0.2) is 5.58 Å². The van der Waals surface area contributed by atoms with Crippen LogP contribution in [0.2, 0.25) is 0 Å². The van der Waals surface area contributed by atoms with Gasteiger partial charge in [-0.2, -0.15) is 0 Å². The van der Waals surface area contributed by atoms with Crippen LogP contribution in [0.4, 0.5) is 45.5 Å². The molecule has 1 aliphatic carbocycles. The number of hydrogen-bond acceptors (Lipinski definition) is 4. The number of anilines is 8. The molecule has 0 saturated heterocycles. The lowest BCUT2D eigenvalue weighted by atomic mass is 9.33. The van der Waals surface area contributed by atoms with Gasteiger partial charge in [-0.3, -0.25) is 0 Å². The molecule has 412 valence electrons. The molecule has 0 bridgehead atoms. The first-order valence-corrected chi connectivity index (χ1v) is 30.2. The molecular formula is C76H84BN3O. The highest BCUT2D eigenvalue weighted by Crippen LogP contribution is 2.63. The molecule has 4 heterocycles. The van der Waals surface area contributed by atoms with E-state index in [0.29, 0.717) is 0 Å². The van der Waals surface area contributed by atoms with E-state index in [1.54, 1.807) is 0 Å². The van der Waals surface area contributed by atoms with Crippen molar-refractivity contribution >= 4 is 90.5 Å². The molecule has 0 N–H and O–H groups in total. The summed E-state index contributed by atoms with van der Waals surface area (Å²) in [6.45, 7) is 40.2. The number of hydrogen-bond donors (Lipinski definition) is 0. The molecule has 0 spiro atoms. The molecule has 5 heteroatoms. The van der Waals surface area contributed by atoms with E-state index in [1.807, 2.05) is 0 Å². The van der Waals surface area contributed by atoms with Crippen molar-refractivity contribution in [2.75, 3.05) is 14.7 Å². The van der Waals surface area contributed by atoms with E-state index >= 15 is 0 Å². The fourth-order valence-corrected chi connectivity index (χ4v) is 14.6. The molecule has 3 aliphatic heterocycles. The lowest BCUT2D eigenvalue weighted by Crippen LogP contribution is -2.61. The van der Waals surface area contributed by atoms with Crippen molar-refractivity contribution in [3.8, 4) is 11.1 Å². The minimum atomic E-state index is -0.203. The highest BCUT2D eigenvalue weighted by Gasteiger charge is 2.58. The van der Waals surface area contributed by atoms with Crippen LogP contribution in [0.3, 0.4) is 0 Å². The van der Waals surface area contributed by atoms with Crippen LogP contribution in [0.1, 0.15) is 177 Å². The Morgan fingerprint density at radius 2 is 1.00 bits per heavy atom. The fourth-order valence-electron chi connectivity index (χ4n) is 14.6. The summed E-state index contributed by atoms with van der Waals surface area (Å²) in [4.78, 5) is 8.16. The molecule has 81 heavy (non-hydrogen) atoms. The molecule has 2 atom stereocenters. The number of furan rings is 1. The molecular weight excluding hydrogens is 982 g/mol. The summed E-state index contributed by atoms with van der Waals surface area (Å²) >= 11 is 0. The quantitative estimate of drug-likeness (QED) is 0.164. The van der Waals surface area contributed by atoms with Crippen molar-refractivity contribution in [2.45, 2.75) is 181 Å². The van der Waals surface area contributed by atoms with Crippen LogP contribution in [0.5, 0.6) is 0 Å². The maximum absolute atomic E-state index is 7.49. The number of benzene rings is 8. The van der Waals surface area contributed by atoms with Gasteiger partial charge in [0.1, 0.15) is 5.58 Å². The van der Waals surface area contributed by atoms with Crippen LogP contribution in [0, 0.1) is 0 Å². The first-order chi connectivity index (χ1) is 38.1. The van der Waals surface area contributed by atoms with Crippen molar-refractivity contribution in [3.63, 3.8) is 0 Å². The summed E-state index contributed by atoms with van der Waals surface area (Å²) in [6.07, 6.45) is 4.67. The Bertz CT molecular complexity index is 4030. The monoisotopic (exact) mass is 1070 g/mol. The van der Waals surface area contributed by atoms with E-state index in [-0.39, 0.29) is 44.7 Å². The van der Waals surface area contributed by atoms with E-state index in [4.69, 9.17) is 4.42 Å².